The van der Waals surface area contributed by atoms with Crippen molar-refractivity contribution in [3.63, 3.8) is 0 Å². The summed E-state index contributed by atoms with van der Waals surface area (Å²) >= 11 is 0. The number of fused-ring (bicyclic) bond motifs is 6. The predicted octanol–water partition coefficient (Wildman–Crippen LogP) is 12.4. The zero-order chi connectivity index (χ0) is 33.7. The Morgan fingerprint density at radius 1 is 0.392 bits per heavy atom. The number of hydrogen-bond donors (Lipinski definition) is 0. The van der Waals surface area contributed by atoms with Crippen molar-refractivity contribution >= 4 is 43.6 Å². The molecule has 10 rings (SSSR count). The normalized spacial score (nSPS) is 11.5. The Labute approximate surface area is 294 Å². The van der Waals surface area contributed by atoms with Gasteiger partial charge in [-0.05, 0) is 40.1 Å². The molecule has 0 fully saturated rings. The molecule has 0 unspecified atom stereocenters. The Bertz CT molecular complexity index is 2830. The summed E-state index contributed by atoms with van der Waals surface area (Å²) < 4.78 is 6.56. The first-order chi connectivity index (χ1) is 25.3. The maximum atomic E-state index is 6.56. The van der Waals surface area contributed by atoms with Gasteiger partial charge in [0.2, 0.25) is 0 Å². The second kappa shape index (κ2) is 11.9. The third kappa shape index (κ3) is 5.04. The molecule has 51 heavy (non-hydrogen) atoms. The van der Waals surface area contributed by atoms with Crippen molar-refractivity contribution in [2.45, 2.75) is 0 Å². The maximum Gasteiger partial charge on any atom is 0.162 e. The number of hydrogen-bond acceptors (Lipinski definition) is 4. The molecule has 0 aliphatic carbocycles. The highest BCUT2D eigenvalue weighted by molar-refractivity contribution is 6.22. The van der Waals surface area contributed by atoms with Crippen LogP contribution in [0.3, 0.4) is 0 Å². The van der Waals surface area contributed by atoms with E-state index in [1.807, 2.05) is 48.5 Å². The summed E-state index contributed by atoms with van der Waals surface area (Å²) in [5.41, 5.74) is 11.5. The highest BCUT2D eigenvalue weighted by Gasteiger charge is 2.19. The Balaban J connectivity index is 1.10. The van der Waals surface area contributed by atoms with Gasteiger partial charge in [0.1, 0.15) is 11.3 Å². The lowest BCUT2D eigenvalue weighted by atomic mass is 9.97. The number of benzene rings is 7. The van der Waals surface area contributed by atoms with Gasteiger partial charge in [0, 0.05) is 38.4 Å². The monoisotopic (exact) mass is 651 g/mol. The van der Waals surface area contributed by atoms with Crippen molar-refractivity contribution in [1.29, 1.82) is 0 Å². The van der Waals surface area contributed by atoms with Crippen LogP contribution in [0.4, 0.5) is 0 Å². The Kier molecular flexibility index (Phi) is 6.78. The molecule has 4 heteroatoms. The molecule has 0 radical (unpaired) electrons. The first kappa shape index (κ1) is 29.0. The Morgan fingerprint density at radius 3 is 1.75 bits per heavy atom. The smallest absolute Gasteiger partial charge is 0.162 e. The van der Waals surface area contributed by atoms with E-state index in [1.165, 1.54) is 5.39 Å². The Morgan fingerprint density at radius 2 is 1.00 bits per heavy atom. The highest BCUT2D eigenvalue weighted by atomic mass is 16.3. The molecule has 0 bridgehead atoms. The predicted molar refractivity (Wildman–Crippen MR) is 209 cm³/mol. The minimum atomic E-state index is 0.691. The first-order valence-electron chi connectivity index (χ1n) is 17.1. The number of rotatable bonds is 5. The van der Waals surface area contributed by atoms with Gasteiger partial charge in [-0.3, -0.25) is 0 Å². The molecular weight excluding hydrogens is 623 g/mol. The number of para-hydroxylation sites is 1. The second-order valence-electron chi connectivity index (χ2n) is 12.8. The quantitative estimate of drug-likeness (QED) is 0.186. The molecule has 7 aromatic carbocycles. The molecule has 0 aliphatic rings. The SMILES string of the molecule is c1ccc(-c2cc(-c3ccccc3)nc(-c3ccc(-c4ccc5c(c4)nc(-c4cccc6ccccc46)c4oc6ccccc6c45)cc3)n2)cc1. The minimum absolute atomic E-state index is 0.691. The average Bonchev–Trinajstić information content (AvgIpc) is 3.61. The van der Waals surface area contributed by atoms with E-state index in [1.54, 1.807) is 0 Å². The van der Waals surface area contributed by atoms with E-state index < -0.39 is 0 Å². The van der Waals surface area contributed by atoms with Crippen LogP contribution < -0.4 is 0 Å². The van der Waals surface area contributed by atoms with Crippen LogP contribution in [-0.4, -0.2) is 15.0 Å². The molecule has 0 saturated carbocycles. The van der Waals surface area contributed by atoms with Gasteiger partial charge in [0.05, 0.1) is 16.9 Å². The fourth-order valence-electron chi connectivity index (χ4n) is 7.18. The largest absolute Gasteiger partial charge is 0.454 e. The topological polar surface area (TPSA) is 51.8 Å². The summed E-state index contributed by atoms with van der Waals surface area (Å²) in [7, 11) is 0. The second-order valence-corrected chi connectivity index (χ2v) is 12.8. The molecule has 0 amide bonds. The van der Waals surface area contributed by atoms with Gasteiger partial charge >= 0.3 is 0 Å². The zero-order valence-corrected chi connectivity index (χ0v) is 27.5. The van der Waals surface area contributed by atoms with Gasteiger partial charge in [0.25, 0.3) is 0 Å². The van der Waals surface area contributed by atoms with Crippen LogP contribution in [0.15, 0.2) is 180 Å². The van der Waals surface area contributed by atoms with Gasteiger partial charge in [-0.25, -0.2) is 15.0 Å². The first-order valence-corrected chi connectivity index (χ1v) is 17.1. The van der Waals surface area contributed by atoms with Crippen molar-refractivity contribution in [2.75, 3.05) is 0 Å². The van der Waals surface area contributed by atoms with E-state index >= 15 is 0 Å². The fraction of sp³-hybridized carbons (Fsp3) is 0. The summed E-state index contributed by atoms with van der Waals surface area (Å²) in [5.74, 6) is 0.691. The molecule has 10 aromatic rings. The number of nitrogens with zero attached hydrogens (tertiary/aromatic N) is 3. The molecule has 3 aromatic heterocycles. The molecule has 3 heterocycles. The van der Waals surface area contributed by atoms with Crippen molar-refractivity contribution in [3.8, 4) is 56.3 Å². The summed E-state index contributed by atoms with van der Waals surface area (Å²) in [5, 5.41) is 5.56. The van der Waals surface area contributed by atoms with E-state index in [0.717, 1.165) is 88.7 Å². The number of furan rings is 1. The molecule has 0 N–H and O–H groups in total. The van der Waals surface area contributed by atoms with E-state index in [4.69, 9.17) is 19.4 Å². The van der Waals surface area contributed by atoms with Crippen LogP contribution >= 0.6 is 0 Å². The van der Waals surface area contributed by atoms with Crippen molar-refractivity contribution in [2.24, 2.45) is 0 Å². The number of aromatic nitrogens is 3. The number of pyridine rings is 1. The summed E-state index contributed by atoms with van der Waals surface area (Å²) in [6, 6.07) is 60.8. The molecule has 0 aliphatic heterocycles. The van der Waals surface area contributed by atoms with Crippen molar-refractivity contribution in [3.05, 3.63) is 176 Å². The van der Waals surface area contributed by atoms with Crippen LogP contribution in [0.5, 0.6) is 0 Å². The summed E-state index contributed by atoms with van der Waals surface area (Å²) in [6.07, 6.45) is 0. The molecule has 0 spiro atoms. The van der Waals surface area contributed by atoms with Crippen LogP contribution in [-0.2, 0) is 0 Å². The van der Waals surface area contributed by atoms with Crippen molar-refractivity contribution < 1.29 is 4.42 Å². The third-order valence-electron chi connectivity index (χ3n) is 9.70. The van der Waals surface area contributed by atoms with Crippen molar-refractivity contribution in [1.82, 2.24) is 15.0 Å². The lowest BCUT2D eigenvalue weighted by Crippen LogP contribution is -1.96. The van der Waals surface area contributed by atoms with Gasteiger partial charge in [0.15, 0.2) is 11.4 Å². The molecular formula is C47H29N3O. The van der Waals surface area contributed by atoms with Gasteiger partial charge < -0.3 is 4.42 Å². The van der Waals surface area contributed by atoms with Crippen LogP contribution in [0.1, 0.15) is 0 Å². The fourth-order valence-corrected chi connectivity index (χ4v) is 7.18. The third-order valence-corrected chi connectivity index (χ3v) is 9.70. The highest BCUT2D eigenvalue weighted by Crippen LogP contribution is 2.42. The van der Waals surface area contributed by atoms with Crippen LogP contribution in [0, 0.1) is 0 Å². The molecule has 0 saturated heterocycles. The van der Waals surface area contributed by atoms with Gasteiger partial charge in [-0.2, -0.15) is 0 Å². The average molecular weight is 652 g/mol. The van der Waals surface area contributed by atoms with E-state index in [0.29, 0.717) is 5.82 Å². The Hall–Kier alpha value is -6.91. The van der Waals surface area contributed by atoms with E-state index in [-0.39, 0.29) is 0 Å². The minimum Gasteiger partial charge on any atom is -0.454 e. The summed E-state index contributed by atoms with van der Waals surface area (Å²) in [4.78, 5) is 15.4. The van der Waals surface area contributed by atoms with Crippen LogP contribution in [0.2, 0.25) is 0 Å². The lowest BCUT2D eigenvalue weighted by molar-refractivity contribution is 0.669. The van der Waals surface area contributed by atoms with Gasteiger partial charge in [-0.1, -0.05) is 158 Å². The van der Waals surface area contributed by atoms with Crippen LogP contribution in [0.25, 0.3) is 99.9 Å². The van der Waals surface area contributed by atoms with E-state index in [2.05, 4.69) is 127 Å². The van der Waals surface area contributed by atoms with Gasteiger partial charge in [-0.15, -0.1) is 0 Å². The molecule has 4 nitrogen and oxygen atoms in total. The summed E-state index contributed by atoms with van der Waals surface area (Å²) in [6.45, 7) is 0. The molecule has 238 valence electrons. The lowest BCUT2D eigenvalue weighted by Gasteiger charge is -2.11. The standard InChI is InChI=1S/C47H29N3O/c1-3-13-32(14-4-1)40-29-41(33-15-5-2-6-16-33)50-47(49-40)34-24-22-30(23-25-34)35-26-27-38-42(28-35)48-45(37-20-11-17-31-12-7-8-18-36(31)37)46-44(38)39-19-9-10-21-43(39)51-46/h1-29H. The maximum absolute atomic E-state index is 6.56. The molecule has 0 atom stereocenters. The van der Waals surface area contributed by atoms with E-state index in [9.17, 15) is 0 Å². The zero-order valence-electron chi connectivity index (χ0n) is 27.5.